The lowest BCUT2D eigenvalue weighted by molar-refractivity contribution is 0.0501. The number of nitrogens with one attached hydrogen (secondary N) is 2. The van der Waals surface area contributed by atoms with Gasteiger partial charge in [-0.15, -0.1) is 0 Å². The molecule has 10 heteroatoms. The lowest BCUT2D eigenvalue weighted by Gasteiger charge is -2.31. The van der Waals surface area contributed by atoms with Crippen LogP contribution in [0.2, 0.25) is 5.02 Å². The van der Waals surface area contributed by atoms with Gasteiger partial charge in [0, 0.05) is 54.3 Å². The average Bonchev–Trinajstić information content (AvgIpc) is 3.91. The van der Waals surface area contributed by atoms with Gasteiger partial charge >= 0.3 is 6.09 Å². The smallest absolute Gasteiger partial charge is 0.407 e. The summed E-state index contributed by atoms with van der Waals surface area (Å²) in [5.74, 6) is -1.60. The largest absolute Gasteiger partial charge is 0.486 e. The molecule has 0 bridgehead atoms. The summed E-state index contributed by atoms with van der Waals surface area (Å²) < 4.78 is 50.2. The summed E-state index contributed by atoms with van der Waals surface area (Å²) in [4.78, 5) is 25.6. The zero-order valence-electron chi connectivity index (χ0n) is 26.3. The molecule has 3 aromatic carbocycles. The molecule has 2 aliphatic carbocycles. The fraction of sp³-hybridized carbons (Fsp3) is 0.444. The van der Waals surface area contributed by atoms with Crippen LogP contribution in [0.5, 0.6) is 11.5 Å². The average molecular weight is 651 g/mol. The second-order valence-electron chi connectivity index (χ2n) is 14.1. The first-order valence-corrected chi connectivity index (χ1v) is 16.2. The number of rotatable bonds is 8. The fourth-order valence-corrected chi connectivity index (χ4v) is 7.27. The van der Waals surface area contributed by atoms with Crippen molar-refractivity contribution in [2.24, 2.45) is 5.41 Å². The molecule has 46 heavy (non-hydrogen) atoms. The summed E-state index contributed by atoms with van der Waals surface area (Å²) in [5.41, 5.74) is 0.504. The first-order chi connectivity index (χ1) is 21.8. The lowest BCUT2D eigenvalue weighted by atomic mass is 9.80. The topological polar surface area (TPSA) is 85.9 Å². The summed E-state index contributed by atoms with van der Waals surface area (Å²) in [6.07, 6.45) is 3.60. The zero-order valence-corrected chi connectivity index (χ0v) is 27.1. The predicted octanol–water partition coefficient (Wildman–Crippen LogP) is 7.81. The summed E-state index contributed by atoms with van der Waals surface area (Å²) in [6, 6.07) is 12.6. The fourth-order valence-electron chi connectivity index (χ4n) is 7.01. The highest BCUT2D eigenvalue weighted by atomic mass is 35.5. The zero-order chi connectivity index (χ0) is 32.6. The van der Waals surface area contributed by atoms with Crippen molar-refractivity contribution >= 4 is 23.6 Å². The number of halogens is 3. The van der Waals surface area contributed by atoms with E-state index in [0.29, 0.717) is 30.5 Å². The van der Waals surface area contributed by atoms with Crippen molar-refractivity contribution in [2.75, 3.05) is 13.6 Å². The Balaban J connectivity index is 1.26. The number of carbonyl (C=O) groups excluding carboxylic acids is 2. The van der Waals surface area contributed by atoms with Gasteiger partial charge in [-0.2, -0.15) is 0 Å². The van der Waals surface area contributed by atoms with Gasteiger partial charge in [-0.1, -0.05) is 41.9 Å². The molecule has 2 amide bonds. The molecule has 7 nitrogen and oxygen atoms in total. The Bertz CT molecular complexity index is 1750. The van der Waals surface area contributed by atoms with Gasteiger partial charge in [-0.3, -0.25) is 4.79 Å². The molecule has 2 aliphatic heterocycles. The second-order valence-corrected chi connectivity index (χ2v) is 14.5. The first kappa shape index (κ1) is 30.8. The van der Waals surface area contributed by atoms with Crippen molar-refractivity contribution in [1.82, 2.24) is 10.6 Å². The van der Waals surface area contributed by atoms with Crippen molar-refractivity contribution < 1.29 is 32.6 Å². The van der Waals surface area contributed by atoms with Crippen molar-refractivity contribution in [3.05, 3.63) is 81.4 Å². The third kappa shape index (κ3) is 5.36. The molecule has 0 aromatic heterocycles. The minimum absolute atomic E-state index is 0.0456. The van der Waals surface area contributed by atoms with Crippen LogP contribution in [0, 0.1) is 17.0 Å². The molecular formula is C36H37ClF2N2O5. The molecule has 4 aliphatic rings. The van der Waals surface area contributed by atoms with Gasteiger partial charge in [-0.25, -0.2) is 13.6 Å². The Hall–Kier alpha value is -3.85. The van der Waals surface area contributed by atoms with Gasteiger partial charge in [0.1, 0.15) is 28.9 Å². The summed E-state index contributed by atoms with van der Waals surface area (Å²) in [6.45, 7) is 5.93. The Morgan fingerprint density at radius 1 is 1.09 bits per heavy atom. The molecular weight excluding hydrogens is 614 g/mol. The molecule has 3 atom stereocenters. The highest BCUT2D eigenvalue weighted by Crippen LogP contribution is 2.59. The van der Waals surface area contributed by atoms with Crippen LogP contribution in [0.4, 0.5) is 13.6 Å². The molecule has 0 saturated heterocycles. The number of carbonyl (C=O) groups is 2. The second kappa shape index (κ2) is 10.9. The molecule has 0 spiro atoms. The van der Waals surface area contributed by atoms with Gasteiger partial charge in [0.2, 0.25) is 0 Å². The Morgan fingerprint density at radius 3 is 2.50 bits per heavy atom. The number of alkyl carbamates (subject to hydrolysis) is 1. The van der Waals surface area contributed by atoms with Crippen LogP contribution in [0.3, 0.4) is 0 Å². The molecule has 2 fully saturated rings. The Kier molecular flexibility index (Phi) is 7.27. The number of benzene rings is 3. The van der Waals surface area contributed by atoms with Crippen LogP contribution >= 0.6 is 11.6 Å². The van der Waals surface area contributed by atoms with Crippen LogP contribution in [0.15, 0.2) is 42.5 Å². The van der Waals surface area contributed by atoms with Crippen molar-refractivity contribution in [2.45, 2.75) is 82.5 Å². The van der Waals surface area contributed by atoms with E-state index in [1.807, 2.05) is 51.1 Å². The summed E-state index contributed by atoms with van der Waals surface area (Å²) in [7, 11) is 1.47. The van der Waals surface area contributed by atoms with E-state index in [2.05, 4.69) is 10.6 Å². The maximum atomic E-state index is 16.5. The highest BCUT2D eigenvalue weighted by molar-refractivity contribution is 6.34. The van der Waals surface area contributed by atoms with E-state index >= 15 is 8.78 Å². The lowest BCUT2D eigenvalue weighted by Crippen LogP contribution is -2.37. The maximum Gasteiger partial charge on any atom is 0.407 e. The molecule has 7 rings (SSSR count). The highest BCUT2D eigenvalue weighted by Gasteiger charge is 2.52. The van der Waals surface area contributed by atoms with E-state index in [-0.39, 0.29) is 57.1 Å². The summed E-state index contributed by atoms with van der Waals surface area (Å²) >= 11 is 6.69. The van der Waals surface area contributed by atoms with Gasteiger partial charge in [0.05, 0.1) is 10.6 Å². The molecule has 0 radical (unpaired) electrons. The van der Waals surface area contributed by atoms with Crippen LogP contribution in [0.25, 0.3) is 11.1 Å². The molecule has 2 saturated carbocycles. The minimum Gasteiger partial charge on any atom is -0.486 e. The number of hydrogen-bond donors (Lipinski definition) is 2. The van der Waals surface area contributed by atoms with Crippen LogP contribution in [0.1, 0.15) is 85.8 Å². The van der Waals surface area contributed by atoms with Crippen molar-refractivity contribution in [3.63, 3.8) is 0 Å². The summed E-state index contributed by atoms with van der Waals surface area (Å²) in [5, 5.41) is 5.25. The van der Waals surface area contributed by atoms with Crippen LogP contribution < -0.4 is 20.1 Å². The molecule has 242 valence electrons. The molecule has 2 unspecified atom stereocenters. The van der Waals surface area contributed by atoms with E-state index < -0.39 is 34.8 Å². The Labute approximate surface area is 271 Å². The number of hydrogen-bond acceptors (Lipinski definition) is 5. The van der Waals surface area contributed by atoms with E-state index in [9.17, 15) is 9.59 Å². The van der Waals surface area contributed by atoms with E-state index in [4.69, 9.17) is 25.8 Å². The first-order valence-electron chi connectivity index (χ1n) is 15.8. The van der Waals surface area contributed by atoms with Gasteiger partial charge in [0.15, 0.2) is 11.6 Å². The van der Waals surface area contributed by atoms with Gasteiger partial charge in [-0.05, 0) is 69.9 Å². The Morgan fingerprint density at radius 2 is 1.83 bits per heavy atom. The van der Waals surface area contributed by atoms with Crippen LogP contribution in [-0.4, -0.2) is 37.3 Å². The molecule has 2 heterocycles. The van der Waals surface area contributed by atoms with Crippen molar-refractivity contribution in [3.8, 4) is 22.6 Å². The van der Waals surface area contributed by atoms with E-state index in [0.717, 1.165) is 24.8 Å². The number of amides is 2. The number of ether oxygens (including phenoxy) is 3. The minimum atomic E-state index is -0.921. The van der Waals surface area contributed by atoms with Crippen molar-refractivity contribution in [1.29, 1.82) is 0 Å². The van der Waals surface area contributed by atoms with E-state index in [1.54, 1.807) is 6.07 Å². The van der Waals surface area contributed by atoms with E-state index in [1.165, 1.54) is 13.1 Å². The quantitative estimate of drug-likeness (QED) is 0.260. The molecule has 3 aromatic rings. The number of fused-ring (bicyclic) bond motifs is 4. The third-order valence-electron chi connectivity index (χ3n) is 9.75. The van der Waals surface area contributed by atoms with Gasteiger partial charge in [0.25, 0.3) is 5.91 Å². The normalized spacial score (nSPS) is 22.9. The third-order valence-corrected chi connectivity index (χ3v) is 10.1. The standard InChI is InChI=1S/C36H37ClF2N2O5/c1-34(2,3)46-33(43)41-18-35(10-11-35)12-13-36(19-8-6-5-7-9-19)17-23-26(45-36)16-24(38)29(37)27(23)28-22(32(42)40-4)14-21-20-15-25(20)44-31(21)30(28)39/h5-9,14,16,20,25H,10-13,15,17-18H2,1-4H3,(H,40,42)(H,41,43)/t20?,25?,36-/m0/s1. The maximum absolute atomic E-state index is 16.5. The van der Waals surface area contributed by atoms with Crippen LogP contribution in [-0.2, 0) is 16.8 Å². The van der Waals surface area contributed by atoms with Gasteiger partial charge < -0.3 is 24.8 Å². The monoisotopic (exact) mass is 650 g/mol. The predicted molar refractivity (Wildman–Crippen MR) is 170 cm³/mol. The SMILES string of the molecule is CNC(=O)c1cc2c(c(F)c1-c1c(Cl)c(F)cc3c1C[C@@](CCC1(CNC(=O)OC(C)(C)C)CC1)(c1ccccc1)O3)OC1CC21. The molecule has 2 N–H and O–H groups in total.